The Labute approximate surface area is 120 Å². The maximum Gasteiger partial charge on any atom is 0.123 e. The summed E-state index contributed by atoms with van der Waals surface area (Å²) in [6.45, 7) is 5.01. The number of pyridine rings is 1. The molecule has 2 rings (SSSR count). The Morgan fingerprint density at radius 3 is 2.75 bits per heavy atom. The standard InChI is InChI=1S/C17H21FN2/c1-3-19-17(12-16-6-4-5-9-20-16)11-14-10-15(18)8-7-13(14)2/h4-10,17,19H,3,11-12H2,1-2H3. The number of aryl methyl sites for hydroxylation is 1. The summed E-state index contributed by atoms with van der Waals surface area (Å²) < 4.78 is 13.4. The number of nitrogens with one attached hydrogen (secondary N) is 1. The molecule has 0 aliphatic rings. The lowest BCUT2D eigenvalue weighted by atomic mass is 9.98. The second-order valence-electron chi connectivity index (χ2n) is 5.05. The molecule has 1 aromatic heterocycles. The number of nitrogens with zero attached hydrogens (tertiary/aromatic N) is 1. The van der Waals surface area contributed by atoms with Crippen LogP contribution < -0.4 is 5.32 Å². The lowest BCUT2D eigenvalue weighted by molar-refractivity contribution is 0.514. The summed E-state index contributed by atoms with van der Waals surface area (Å²) in [5.74, 6) is -0.168. The highest BCUT2D eigenvalue weighted by Crippen LogP contribution is 2.14. The van der Waals surface area contributed by atoms with Crippen LogP contribution in [0, 0.1) is 12.7 Å². The van der Waals surface area contributed by atoms with Gasteiger partial charge in [-0.15, -0.1) is 0 Å². The van der Waals surface area contributed by atoms with Gasteiger partial charge in [-0.3, -0.25) is 4.98 Å². The molecule has 20 heavy (non-hydrogen) atoms. The van der Waals surface area contributed by atoms with Crippen molar-refractivity contribution in [3.8, 4) is 0 Å². The average molecular weight is 272 g/mol. The predicted molar refractivity (Wildman–Crippen MR) is 80.2 cm³/mol. The third-order valence-corrected chi connectivity index (χ3v) is 3.45. The highest BCUT2D eigenvalue weighted by Gasteiger charge is 2.12. The Balaban J connectivity index is 2.11. The first kappa shape index (κ1) is 14.7. The van der Waals surface area contributed by atoms with E-state index in [0.29, 0.717) is 0 Å². The quantitative estimate of drug-likeness (QED) is 0.873. The number of rotatable bonds is 6. The van der Waals surface area contributed by atoms with E-state index in [-0.39, 0.29) is 11.9 Å². The van der Waals surface area contributed by atoms with Gasteiger partial charge in [0.2, 0.25) is 0 Å². The zero-order valence-electron chi connectivity index (χ0n) is 12.1. The van der Waals surface area contributed by atoms with Gasteiger partial charge in [0, 0.05) is 24.4 Å². The van der Waals surface area contributed by atoms with Crippen LogP contribution in [-0.2, 0) is 12.8 Å². The highest BCUT2D eigenvalue weighted by molar-refractivity contribution is 5.27. The number of halogens is 1. The van der Waals surface area contributed by atoms with Crippen LogP contribution in [0.3, 0.4) is 0 Å². The van der Waals surface area contributed by atoms with Crippen LogP contribution >= 0.6 is 0 Å². The normalized spacial score (nSPS) is 12.3. The van der Waals surface area contributed by atoms with Crippen molar-refractivity contribution in [3.05, 3.63) is 65.2 Å². The van der Waals surface area contributed by atoms with Crippen LogP contribution in [0.15, 0.2) is 42.6 Å². The molecule has 1 atom stereocenters. The fourth-order valence-corrected chi connectivity index (χ4v) is 2.40. The second kappa shape index (κ2) is 7.15. The van der Waals surface area contributed by atoms with Gasteiger partial charge in [0.05, 0.1) is 0 Å². The van der Waals surface area contributed by atoms with Gasteiger partial charge >= 0.3 is 0 Å². The first-order valence-corrected chi connectivity index (χ1v) is 7.07. The average Bonchev–Trinajstić information content (AvgIpc) is 2.44. The van der Waals surface area contributed by atoms with Gasteiger partial charge in [0.15, 0.2) is 0 Å². The maximum atomic E-state index is 13.4. The lowest BCUT2D eigenvalue weighted by Crippen LogP contribution is -2.33. The molecular weight excluding hydrogens is 251 g/mol. The summed E-state index contributed by atoms with van der Waals surface area (Å²) in [7, 11) is 0. The van der Waals surface area contributed by atoms with Crippen molar-refractivity contribution in [2.24, 2.45) is 0 Å². The molecule has 0 aliphatic heterocycles. The minimum absolute atomic E-state index is 0.168. The summed E-state index contributed by atoms with van der Waals surface area (Å²) in [5.41, 5.74) is 3.26. The summed E-state index contributed by atoms with van der Waals surface area (Å²) in [6, 6.07) is 11.2. The van der Waals surface area contributed by atoms with Crippen molar-refractivity contribution in [3.63, 3.8) is 0 Å². The summed E-state index contributed by atoms with van der Waals surface area (Å²) in [4.78, 5) is 4.37. The van der Waals surface area contributed by atoms with E-state index in [9.17, 15) is 4.39 Å². The van der Waals surface area contributed by atoms with Crippen molar-refractivity contribution in [1.29, 1.82) is 0 Å². The lowest BCUT2D eigenvalue weighted by Gasteiger charge is -2.19. The van der Waals surface area contributed by atoms with E-state index in [1.54, 1.807) is 6.07 Å². The Bertz CT molecular complexity index is 540. The molecular formula is C17H21FN2. The summed E-state index contributed by atoms with van der Waals surface area (Å²) in [5, 5.41) is 3.46. The summed E-state index contributed by atoms with van der Waals surface area (Å²) >= 11 is 0. The molecule has 0 saturated carbocycles. The van der Waals surface area contributed by atoms with Crippen molar-refractivity contribution >= 4 is 0 Å². The van der Waals surface area contributed by atoms with Gasteiger partial charge in [-0.05, 0) is 55.3 Å². The molecule has 3 heteroatoms. The van der Waals surface area contributed by atoms with E-state index < -0.39 is 0 Å². The molecule has 1 heterocycles. The Morgan fingerprint density at radius 2 is 2.05 bits per heavy atom. The van der Waals surface area contributed by atoms with E-state index >= 15 is 0 Å². The molecule has 1 unspecified atom stereocenters. The monoisotopic (exact) mass is 272 g/mol. The molecule has 0 spiro atoms. The molecule has 0 amide bonds. The highest BCUT2D eigenvalue weighted by atomic mass is 19.1. The number of aromatic nitrogens is 1. The second-order valence-corrected chi connectivity index (χ2v) is 5.05. The fraction of sp³-hybridized carbons (Fsp3) is 0.353. The minimum Gasteiger partial charge on any atom is -0.314 e. The van der Waals surface area contributed by atoms with Gasteiger partial charge in [-0.1, -0.05) is 19.1 Å². The van der Waals surface area contributed by atoms with Crippen LogP contribution in [0.5, 0.6) is 0 Å². The molecule has 0 fully saturated rings. The number of hydrogen-bond donors (Lipinski definition) is 1. The van der Waals surface area contributed by atoms with Gasteiger partial charge < -0.3 is 5.32 Å². The van der Waals surface area contributed by atoms with Gasteiger partial charge in [-0.25, -0.2) is 4.39 Å². The minimum atomic E-state index is -0.168. The smallest absolute Gasteiger partial charge is 0.123 e. The Morgan fingerprint density at radius 1 is 1.20 bits per heavy atom. The van der Waals surface area contributed by atoms with Gasteiger partial charge in [-0.2, -0.15) is 0 Å². The third-order valence-electron chi connectivity index (χ3n) is 3.45. The zero-order chi connectivity index (χ0) is 14.4. The first-order valence-electron chi connectivity index (χ1n) is 7.07. The van der Waals surface area contributed by atoms with Crippen LogP contribution in [0.25, 0.3) is 0 Å². The van der Waals surface area contributed by atoms with Crippen molar-refractivity contribution < 1.29 is 4.39 Å². The van der Waals surface area contributed by atoms with Crippen molar-refractivity contribution in [1.82, 2.24) is 10.3 Å². The number of benzene rings is 1. The van der Waals surface area contributed by atoms with Crippen LogP contribution in [0.4, 0.5) is 4.39 Å². The molecule has 1 N–H and O–H groups in total. The van der Waals surface area contributed by atoms with Crippen LogP contribution in [0.1, 0.15) is 23.7 Å². The largest absolute Gasteiger partial charge is 0.314 e. The predicted octanol–water partition coefficient (Wildman–Crippen LogP) is 3.29. The Hall–Kier alpha value is -1.74. The van der Waals surface area contributed by atoms with Crippen LogP contribution in [-0.4, -0.2) is 17.6 Å². The topological polar surface area (TPSA) is 24.9 Å². The molecule has 106 valence electrons. The third kappa shape index (κ3) is 4.14. The number of likely N-dealkylation sites (N-methyl/N-ethyl adjacent to an activating group) is 1. The molecule has 0 radical (unpaired) electrons. The molecule has 1 aromatic carbocycles. The van der Waals surface area contributed by atoms with E-state index in [4.69, 9.17) is 0 Å². The van der Waals surface area contributed by atoms with E-state index in [0.717, 1.165) is 36.2 Å². The Kier molecular flexibility index (Phi) is 5.24. The zero-order valence-corrected chi connectivity index (χ0v) is 12.1. The van der Waals surface area contributed by atoms with E-state index in [1.807, 2.05) is 37.4 Å². The van der Waals surface area contributed by atoms with Gasteiger partial charge in [0.25, 0.3) is 0 Å². The van der Waals surface area contributed by atoms with E-state index in [1.165, 1.54) is 6.07 Å². The molecule has 0 bridgehead atoms. The SMILES string of the molecule is CCNC(Cc1ccccn1)Cc1cc(F)ccc1C. The molecule has 2 aromatic rings. The summed E-state index contributed by atoms with van der Waals surface area (Å²) in [6.07, 6.45) is 3.48. The number of hydrogen-bond acceptors (Lipinski definition) is 2. The fourth-order valence-electron chi connectivity index (χ4n) is 2.40. The van der Waals surface area contributed by atoms with Crippen LogP contribution in [0.2, 0.25) is 0 Å². The molecule has 0 aliphatic carbocycles. The van der Waals surface area contributed by atoms with Crippen molar-refractivity contribution in [2.45, 2.75) is 32.7 Å². The molecule has 0 saturated heterocycles. The first-order chi connectivity index (χ1) is 9.69. The van der Waals surface area contributed by atoms with E-state index in [2.05, 4.69) is 17.2 Å². The molecule has 2 nitrogen and oxygen atoms in total. The maximum absolute atomic E-state index is 13.4. The van der Waals surface area contributed by atoms with Crippen molar-refractivity contribution in [2.75, 3.05) is 6.54 Å². The van der Waals surface area contributed by atoms with Gasteiger partial charge in [0.1, 0.15) is 5.82 Å².